The molecule has 0 radical (unpaired) electrons. The summed E-state index contributed by atoms with van der Waals surface area (Å²) in [6.45, 7) is -0.0506. The standard InChI is InChI=1S/C11H19N3O5S2/c12-10-4-1-2-5-11(10)19-7-9-21(17,18)14-6-3-8-20(13,15)16/h1-2,4-5,14H,3,6-9,12H2,(H2,13,15,16). The van der Waals surface area contributed by atoms with Crippen LogP contribution in [0.15, 0.2) is 24.3 Å². The van der Waals surface area contributed by atoms with Crippen molar-refractivity contribution in [2.75, 3.05) is 30.4 Å². The van der Waals surface area contributed by atoms with Gasteiger partial charge in [0, 0.05) is 6.54 Å². The number of nitrogens with two attached hydrogens (primary N) is 2. The number of hydrogen-bond donors (Lipinski definition) is 3. The van der Waals surface area contributed by atoms with Gasteiger partial charge in [-0.05, 0) is 18.6 Å². The third kappa shape index (κ3) is 7.85. The molecule has 10 heteroatoms. The maximum absolute atomic E-state index is 11.6. The van der Waals surface area contributed by atoms with Crippen LogP contribution in [0.2, 0.25) is 0 Å². The third-order valence-corrected chi connectivity index (χ3v) is 4.66. The van der Waals surface area contributed by atoms with Crippen molar-refractivity contribution in [1.29, 1.82) is 0 Å². The van der Waals surface area contributed by atoms with E-state index in [9.17, 15) is 16.8 Å². The Kier molecular flexibility index (Phi) is 6.40. The maximum Gasteiger partial charge on any atom is 0.214 e. The Bertz CT molecular complexity index is 658. The van der Waals surface area contributed by atoms with E-state index >= 15 is 0 Å². The molecular formula is C11H19N3O5S2. The molecule has 1 aromatic carbocycles. The van der Waals surface area contributed by atoms with Gasteiger partial charge < -0.3 is 10.5 Å². The van der Waals surface area contributed by atoms with Crippen LogP contribution in [0.5, 0.6) is 5.75 Å². The van der Waals surface area contributed by atoms with E-state index in [-0.39, 0.29) is 31.1 Å². The van der Waals surface area contributed by atoms with Crippen LogP contribution in [-0.4, -0.2) is 41.5 Å². The van der Waals surface area contributed by atoms with Gasteiger partial charge in [-0.25, -0.2) is 26.7 Å². The highest BCUT2D eigenvalue weighted by Crippen LogP contribution is 2.19. The molecule has 0 aliphatic heterocycles. The zero-order chi connectivity index (χ0) is 15.9. The van der Waals surface area contributed by atoms with Gasteiger partial charge in [-0.3, -0.25) is 0 Å². The molecule has 0 aliphatic rings. The summed E-state index contributed by atoms with van der Waals surface area (Å²) in [5.74, 6) is -0.106. The maximum atomic E-state index is 11.6. The summed E-state index contributed by atoms with van der Waals surface area (Å²) in [4.78, 5) is 0. The predicted octanol–water partition coefficient (Wildman–Crippen LogP) is -0.754. The van der Waals surface area contributed by atoms with Crippen LogP contribution >= 0.6 is 0 Å². The van der Waals surface area contributed by atoms with Crippen LogP contribution < -0.4 is 20.3 Å². The molecule has 0 amide bonds. The lowest BCUT2D eigenvalue weighted by atomic mass is 10.3. The molecule has 0 aliphatic carbocycles. The molecule has 21 heavy (non-hydrogen) atoms. The van der Waals surface area contributed by atoms with Crippen molar-refractivity contribution in [2.24, 2.45) is 5.14 Å². The third-order valence-electron chi connectivity index (χ3n) is 2.46. The average Bonchev–Trinajstić information content (AvgIpc) is 2.36. The smallest absolute Gasteiger partial charge is 0.214 e. The predicted molar refractivity (Wildman–Crippen MR) is 80.7 cm³/mol. The van der Waals surface area contributed by atoms with E-state index in [1.54, 1.807) is 24.3 Å². The summed E-state index contributed by atoms with van der Waals surface area (Å²) in [7, 11) is -7.11. The van der Waals surface area contributed by atoms with Crippen molar-refractivity contribution >= 4 is 25.7 Å². The number of nitrogen functional groups attached to an aromatic ring is 1. The highest BCUT2D eigenvalue weighted by atomic mass is 32.2. The quantitative estimate of drug-likeness (QED) is 0.400. The molecule has 0 aromatic heterocycles. The van der Waals surface area contributed by atoms with Gasteiger partial charge >= 0.3 is 0 Å². The Labute approximate surface area is 124 Å². The van der Waals surface area contributed by atoms with E-state index in [0.717, 1.165) is 0 Å². The van der Waals surface area contributed by atoms with E-state index < -0.39 is 20.0 Å². The van der Waals surface area contributed by atoms with Crippen molar-refractivity contribution in [2.45, 2.75) is 6.42 Å². The SMILES string of the molecule is Nc1ccccc1OCCS(=O)(=O)NCCCS(N)(=O)=O. The topological polar surface area (TPSA) is 142 Å². The normalized spacial score (nSPS) is 12.2. The Morgan fingerprint density at radius 2 is 1.76 bits per heavy atom. The number of hydrogen-bond acceptors (Lipinski definition) is 6. The average molecular weight is 337 g/mol. The van der Waals surface area contributed by atoms with Crippen LogP contribution in [0, 0.1) is 0 Å². The number of primary sulfonamides is 1. The summed E-state index contributed by atoms with van der Waals surface area (Å²) >= 11 is 0. The highest BCUT2D eigenvalue weighted by Gasteiger charge is 2.11. The number of ether oxygens (including phenoxy) is 1. The molecule has 5 N–H and O–H groups in total. The minimum Gasteiger partial charge on any atom is -0.490 e. The van der Waals surface area contributed by atoms with E-state index in [2.05, 4.69) is 4.72 Å². The van der Waals surface area contributed by atoms with E-state index in [1.165, 1.54) is 0 Å². The summed E-state index contributed by atoms with van der Waals surface area (Å²) < 4.78 is 52.2. The number of benzene rings is 1. The number of rotatable bonds is 9. The van der Waals surface area contributed by atoms with Crippen molar-refractivity contribution in [1.82, 2.24) is 4.72 Å². The molecule has 0 fully saturated rings. The molecule has 0 bridgehead atoms. The van der Waals surface area contributed by atoms with Crippen LogP contribution in [-0.2, 0) is 20.0 Å². The molecule has 1 aromatic rings. The van der Waals surface area contributed by atoms with Crippen molar-refractivity contribution < 1.29 is 21.6 Å². The monoisotopic (exact) mass is 337 g/mol. The van der Waals surface area contributed by atoms with Crippen LogP contribution in [0.4, 0.5) is 5.69 Å². The summed E-state index contributed by atoms with van der Waals surface area (Å²) in [6, 6.07) is 6.76. The second-order valence-corrected chi connectivity index (χ2v) is 7.98. The lowest BCUT2D eigenvalue weighted by Gasteiger charge is -2.09. The fraction of sp³-hybridized carbons (Fsp3) is 0.455. The van der Waals surface area contributed by atoms with Gasteiger partial charge in [0.05, 0.1) is 17.2 Å². The first kappa shape index (κ1) is 17.7. The van der Waals surface area contributed by atoms with Crippen LogP contribution in [0.1, 0.15) is 6.42 Å². The molecule has 1 rings (SSSR count). The molecule has 8 nitrogen and oxygen atoms in total. The first-order chi connectivity index (χ1) is 9.70. The number of anilines is 1. The second kappa shape index (κ2) is 7.59. The summed E-state index contributed by atoms with van der Waals surface area (Å²) in [5, 5.41) is 4.81. The summed E-state index contributed by atoms with van der Waals surface area (Å²) in [5.41, 5.74) is 6.08. The molecular weight excluding hydrogens is 318 g/mol. The van der Waals surface area contributed by atoms with Crippen molar-refractivity contribution in [3.8, 4) is 5.75 Å². The summed E-state index contributed by atoms with van der Waals surface area (Å²) in [6.07, 6.45) is 0.116. The largest absolute Gasteiger partial charge is 0.490 e. The van der Waals surface area contributed by atoms with Gasteiger partial charge in [0.25, 0.3) is 0 Å². The van der Waals surface area contributed by atoms with E-state index in [4.69, 9.17) is 15.6 Å². The molecule has 0 atom stereocenters. The first-order valence-corrected chi connectivity index (χ1v) is 9.51. The van der Waals surface area contributed by atoms with Crippen molar-refractivity contribution in [3.05, 3.63) is 24.3 Å². The number of sulfonamides is 2. The first-order valence-electron chi connectivity index (χ1n) is 6.15. The molecule has 0 saturated carbocycles. The lowest BCUT2D eigenvalue weighted by molar-refractivity contribution is 0.342. The highest BCUT2D eigenvalue weighted by molar-refractivity contribution is 7.89. The Hall–Kier alpha value is -1.36. The minimum atomic E-state index is -3.57. The molecule has 0 heterocycles. The fourth-order valence-electron chi connectivity index (χ4n) is 1.45. The minimum absolute atomic E-state index is 0.00619. The van der Waals surface area contributed by atoms with Gasteiger partial charge in [-0.1, -0.05) is 12.1 Å². The Morgan fingerprint density at radius 1 is 1.10 bits per heavy atom. The Morgan fingerprint density at radius 3 is 2.38 bits per heavy atom. The van der Waals surface area contributed by atoms with Crippen molar-refractivity contribution in [3.63, 3.8) is 0 Å². The van der Waals surface area contributed by atoms with Gasteiger partial charge in [-0.15, -0.1) is 0 Å². The molecule has 0 unspecified atom stereocenters. The number of nitrogens with one attached hydrogen (secondary N) is 1. The van der Waals surface area contributed by atoms with Gasteiger partial charge in [0.2, 0.25) is 20.0 Å². The van der Waals surface area contributed by atoms with E-state index in [1.807, 2.05) is 0 Å². The van der Waals surface area contributed by atoms with E-state index in [0.29, 0.717) is 11.4 Å². The fourth-order valence-corrected chi connectivity index (χ4v) is 2.90. The molecule has 0 saturated heterocycles. The Balaban J connectivity index is 2.32. The van der Waals surface area contributed by atoms with Crippen LogP contribution in [0.25, 0.3) is 0 Å². The number of para-hydroxylation sites is 2. The zero-order valence-corrected chi connectivity index (χ0v) is 13.0. The zero-order valence-electron chi connectivity index (χ0n) is 11.4. The molecule has 120 valence electrons. The van der Waals surface area contributed by atoms with Crippen LogP contribution in [0.3, 0.4) is 0 Å². The second-order valence-electron chi connectivity index (χ2n) is 4.32. The van der Waals surface area contributed by atoms with Gasteiger partial charge in [-0.2, -0.15) is 0 Å². The molecule has 0 spiro atoms. The van der Waals surface area contributed by atoms with Gasteiger partial charge in [0.15, 0.2) is 0 Å². The lowest BCUT2D eigenvalue weighted by Crippen LogP contribution is -2.31. The van der Waals surface area contributed by atoms with Gasteiger partial charge in [0.1, 0.15) is 12.4 Å².